The van der Waals surface area contributed by atoms with E-state index in [0.717, 1.165) is 11.3 Å². The van der Waals surface area contributed by atoms with E-state index in [1.54, 1.807) is 30.3 Å². The van der Waals surface area contributed by atoms with Crippen molar-refractivity contribution >= 4 is 17.5 Å². The highest BCUT2D eigenvalue weighted by Crippen LogP contribution is 2.20. The maximum absolute atomic E-state index is 12.6. The minimum atomic E-state index is -0.324. The standard InChI is InChI=1S/C20H22N6O2/c1-13-5-10-16(26-12-21-24-25-26)11-17(13)22-18(27)14-6-8-15(9-7-14)19(28)23-20(2,3)4/h5-12H,1-4H3,(H,22,27)(H,23,28). The molecule has 0 aliphatic rings. The number of benzene rings is 2. The Labute approximate surface area is 163 Å². The van der Waals surface area contributed by atoms with E-state index in [2.05, 4.69) is 26.2 Å². The van der Waals surface area contributed by atoms with Gasteiger partial charge in [-0.25, -0.2) is 4.68 Å². The zero-order chi connectivity index (χ0) is 20.3. The van der Waals surface area contributed by atoms with Crippen LogP contribution in [0.3, 0.4) is 0 Å². The monoisotopic (exact) mass is 378 g/mol. The summed E-state index contributed by atoms with van der Waals surface area (Å²) in [7, 11) is 0. The normalized spacial score (nSPS) is 11.1. The Hall–Kier alpha value is -3.55. The third kappa shape index (κ3) is 4.59. The summed E-state index contributed by atoms with van der Waals surface area (Å²) in [5.41, 5.74) is 2.94. The summed E-state index contributed by atoms with van der Waals surface area (Å²) in [6, 6.07) is 12.1. The van der Waals surface area contributed by atoms with E-state index in [-0.39, 0.29) is 17.4 Å². The molecule has 8 nitrogen and oxygen atoms in total. The fourth-order valence-electron chi connectivity index (χ4n) is 2.55. The molecule has 1 aromatic heterocycles. The first kappa shape index (κ1) is 19.2. The molecule has 28 heavy (non-hydrogen) atoms. The highest BCUT2D eigenvalue weighted by molar-refractivity contribution is 6.05. The molecule has 0 radical (unpaired) electrons. The van der Waals surface area contributed by atoms with E-state index < -0.39 is 0 Å². The van der Waals surface area contributed by atoms with Gasteiger partial charge in [-0.05, 0) is 80.1 Å². The molecule has 3 rings (SSSR count). The molecule has 2 N–H and O–H groups in total. The molecule has 0 aliphatic heterocycles. The van der Waals surface area contributed by atoms with Crippen LogP contribution < -0.4 is 10.6 Å². The summed E-state index contributed by atoms with van der Waals surface area (Å²) in [4.78, 5) is 24.8. The number of hydrogen-bond acceptors (Lipinski definition) is 5. The lowest BCUT2D eigenvalue weighted by Gasteiger charge is -2.20. The van der Waals surface area contributed by atoms with Crippen LogP contribution in [-0.2, 0) is 0 Å². The van der Waals surface area contributed by atoms with Crippen LogP contribution in [0.1, 0.15) is 47.1 Å². The molecule has 1 heterocycles. The quantitative estimate of drug-likeness (QED) is 0.727. The SMILES string of the molecule is Cc1ccc(-n2cnnn2)cc1NC(=O)c1ccc(C(=O)NC(C)(C)C)cc1. The van der Waals surface area contributed by atoms with Crippen LogP contribution in [0.4, 0.5) is 5.69 Å². The molecule has 2 amide bonds. The maximum Gasteiger partial charge on any atom is 0.255 e. The van der Waals surface area contributed by atoms with Crippen molar-refractivity contribution in [2.24, 2.45) is 0 Å². The van der Waals surface area contributed by atoms with Gasteiger partial charge < -0.3 is 10.6 Å². The summed E-state index contributed by atoms with van der Waals surface area (Å²) >= 11 is 0. The summed E-state index contributed by atoms with van der Waals surface area (Å²) in [6.45, 7) is 7.65. The fraction of sp³-hybridized carbons (Fsp3) is 0.250. The third-order valence-electron chi connectivity index (χ3n) is 3.98. The van der Waals surface area contributed by atoms with E-state index in [4.69, 9.17) is 0 Å². The third-order valence-corrected chi connectivity index (χ3v) is 3.98. The smallest absolute Gasteiger partial charge is 0.255 e. The first-order chi connectivity index (χ1) is 13.2. The molecule has 2 aromatic carbocycles. The van der Waals surface area contributed by atoms with Gasteiger partial charge in [0, 0.05) is 22.4 Å². The summed E-state index contributed by atoms with van der Waals surface area (Å²) in [6.07, 6.45) is 1.48. The summed E-state index contributed by atoms with van der Waals surface area (Å²) in [5, 5.41) is 16.9. The number of nitrogens with zero attached hydrogens (tertiary/aromatic N) is 4. The van der Waals surface area contributed by atoms with Crippen molar-refractivity contribution < 1.29 is 9.59 Å². The number of carbonyl (C=O) groups excluding carboxylic acids is 2. The van der Waals surface area contributed by atoms with E-state index >= 15 is 0 Å². The minimum absolute atomic E-state index is 0.176. The van der Waals surface area contributed by atoms with Gasteiger partial charge >= 0.3 is 0 Å². The number of aromatic nitrogens is 4. The molecule has 3 aromatic rings. The van der Waals surface area contributed by atoms with Crippen LogP contribution in [0, 0.1) is 6.92 Å². The second-order valence-electron chi connectivity index (χ2n) is 7.49. The van der Waals surface area contributed by atoms with Gasteiger partial charge in [-0.1, -0.05) is 6.07 Å². The van der Waals surface area contributed by atoms with E-state index in [0.29, 0.717) is 16.8 Å². The lowest BCUT2D eigenvalue weighted by molar-refractivity contribution is 0.0918. The average Bonchev–Trinajstić information content (AvgIpc) is 3.17. The van der Waals surface area contributed by atoms with Crippen molar-refractivity contribution in [3.63, 3.8) is 0 Å². The Bertz CT molecular complexity index is 989. The van der Waals surface area contributed by atoms with Gasteiger partial charge in [0.2, 0.25) is 0 Å². The highest BCUT2D eigenvalue weighted by Gasteiger charge is 2.16. The van der Waals surface area contributed by atoms with Crippen LogP contribution in [0.15, 0.2) is 48.8 Å². The molecule has 8 heteroatoms. The fourth-order valence-corrected chi connectivity index (χ4v) is 2.55. The maximum atomic E-state index is 12.6. The molecule has 0 fully saturated rings. The number of amides is 2. The lowest BCUT2D eigenvalue weighted by atomic mass is 10.1. The molecular formula is C20H22N6O2. The van der Waals surface area contributed by atoms with Crippen LogP contribution in [0.5, 0.6) is 0 Å². The van der Waals surface area contributed by atoms with Crippen molar-refractivity contribution in [2.75, 3.05) is 5.32 Å². The molecule has 0 aliphatic carbocycles. The zero-order valence-corrected chi connectivity index (χ0v) is 16.2. The molecule has 0 bridgehead atoms. The van der Waals surface area contributed by atoms with E-state index in [1.807, 2.05) is 39.8 Å². The Morgan fingerprint density at radius 2 is 1.61 bits per heavy atom. The Morgan fingerprint density at radius 3 is 2.18 bits per heavy atom. The lowest BCUT2D eigenvalue weighted by Crippen LogP contribution is -2.40. The molecular weight excluding hydrogens is 356 g/mol. The number of aryl methyl sites for hydroxylation is 1. The topological polar surface area (TPSA) is 102 Å². The molecule has 144 valence electrons. The van der Waals surface area contributed by atoms with Crippen LogP contribution >= 0.6 is 0 Å². The van der Waals surface area contributed by atoms with Gasteiger partial charge in [-0.2, -0.15) is 0 Å². The van der Waals surface area contributed by atoms with Gasteiger partial charge in [0.25, 0.3) is 11.8 Å². The van der Waals surface area contributed by atoms with E-state index in [9.17, 15) is 9.59 Å². The Kier molecular flexibility index (Phi) is 5.21. The van der Waals surface area contributed by atoms with Crippen LogP contribution in [-0.4, -0.2) is 37.6 Å². The molecule has 0 unspecified atom stereocenters. The predicted molar refractivity (Wildman–Crippen MR) is 106 cm³/mol. The second kappa shape index (κ2) is 7.59. The van der Waals surface area contributed by atoms with Gasteiger partial charge in [0.05, 0.1) is 5.69 Å². The molecule has 0 spiro atoms. The minimum Gasteiger partial charge on any atom is -0.347 e. The van der Waals surface area contributed by atoms with Gasteiger partial charge in [-0.15, -0.1) is 5.10 Å². The van der Waals surface area contributed by atoms with Crippen molar-refractivity contribution in [2.45, 2.75) is 33.2 Å². The first-order valence-electron chi connectivity index (χ1n) is 8.81. The van der Waals surface area contributed by atoms with Crippen LogP contribution in [0.2, 0.25) is 0 Å². The molecule has 0 saturated carbocycles. The molecule has 0 saturated heterocycles. The number of hydrogen-bond donors (Lipinski definition) is 2. The number of nitrogens with one attached hydrogen (secondary N) is 2. The van der Waals surface area contributed by atoms with E-state index in [1.165, 1.54) is 11.0 Å². The number of tetrazole rings is 1. The summed E-state index contributed by atoms with van der Waals surface area (Å²) in [5.74, 6) is -0.441. The number of carbonyl (C=O) groups is 2. The number of anilines is 1. The Balaban J connectivity index is 1.75. The Morgan fingerprint density at radius 1 is 0.964 bits per heavy atom. The van der Waals surface area contributed by atoms with Crippen molar-refractivity contribution in [3.05, 3.63) is 65.5 Å². The van der Waals surface area contributed by atoms with Crippen molar-refractivity contribution in [1.29, 1.82) is 0 Å². The largest absolute Gasteiger partial charge is 0.347 e. The van der Waals surface area contributed by atoms with Gasteiger partial charge in [0.1, 0.15) is 6.33 Å². The summed E-state index contributed by atoms with van der Waals surface area (Å²) < 4.78 is 1.51. The van der Waals surface area contributed by atoms with Crippen LogP contribution in [0.25, 0.3) is 5.69 Å². The zero-order valence-electron chi connectivity index (χ0n) is 16.2. The highest BCUT2D eigenvalue weighted by atomic mass is 16.2. The average molecular weight is 378 g/mol. The molecule has 0 atom stereocenters. The number of rotatable bonds is 4. The van der Waals surface area contributed by atoms with Crippen molar-refractivity contribution in [3.8, 4) is 5.69 Å². The second-order valence-corrected chi connectivity index (χ2v) is 7.49. The van der Waals surface area contributed by atoms with Crippen molar-refractivity contribution in [1.82, 2.24) is 25.5 Å². The predicted octanol–water partition coefficient (Wildman–Crippen LogP) is 2.75. The van der Waals surface area contributed by atoms with Gasteiger partial charge in [-0.3, -0.25) is 9.59 Å². The first-order valence-corrected chi connectivity index (χ1v) is 8.81. The van der Waals surface area contributed by atoms with Gasteiger partial charge in [0.15, 0.2) is 0 Å².